The maximum atomic E-state index is 13.4. The van der Waals surface area contributed by atoms with Gasteiger partial charge in [-0.15, -0.1) is 0 Å². The van der Waals surface area contributed by atoms with Gasteiger partial charge in [-0.05, 0) is 52.5 Å². The van der Waals surface area contributed by atoms with E-state index in [4.69, 9.17) is 0 Å². The first-order valence-corrected chi connectivity index (χ1v) is 9.67. The van der Waals surface area contributed by atoms with Crippen molar-refractivity contribution >= 4 is 47.8 Å². The first-order chi connectivity index (χ1) is 10.0. The van der Waals surface area contributed by atoms with E-state index in [0.29, 0.717) is 4.47 Å². The fraction of sp³-hybridized carbons (Fsp3) is 0.294. The van der Waals surface area contributed by atoms with Crippen LogP contribution < -0.4 is 0 Å². The van der Waals surface area contributed by atoms with Crippen LogP contribution in [0.15, 0.2) is 46.9 Å². The quantitative estimate of drug-likeness (QED) is 0.451. The number of halogens is 4. The van der Waals surface area contributed by atoms with Crippen molar-refractivity contribution in [2.45, 2.75) is 18.8 Å². The Morgan fingerprint density at radius 2 is 1.76 bits per heavy atom. The molecule has 0 spiro atoms. The van der Waals surface area contributed by atoms with Gasteiger partial charge in [0.05, 0.1) is 4.47 Å². The fourth-order valence-electron chi connectivity index (χ4n) is 2.40. The van der Waals surface area contributed by atoms with E-state index >= 15 is 0 Å². The first-order valence-electron chi connectivity index (χ1n) is 6.64. The molecule has 2 aromatic rings. The molecule has 0 atom stereocenters. The Morgan fingerprint density at radius 3 is 2.33 bits per heavy atom. The monoisotopic (exact) mass is 476 g/mol. The summed E-state index contributed by atoms with van der Waals surface area (Å²) in [5.74, 6) is -0.224. The topological polar surface area (TPSA) is 0 Å². The summed E-state index contributed by atoms with van der Waals surface area (Å²) in [5.41, 5.74) is 3.60. The van der Waals surface area contributed by atoms with Crippen molar-refractivity contribution < 1.29 is 4.39 Å². The van der Waals surface area contributed by atoms with Crippen LogP contribution in [-0.4, -0.2) is 10.7 Å². The molecule has 0 bridgehead atoms. The van der Waals surface area contributed by atoms with E-state index < -0.39 is 0 Å². The largest absolute Gasteiger partial charge is 0.206 e. The highest BCUT2D eigenvalue weighted by Gasteiger charge is 2.30. The Hall–Kier alpha value is -0.190. The van der Waals surface area contributed by atoms with Crippen LogP contribution in [0.3, 0.4) is 0 Å². The minimum absolute atomic E-state index is 0.0523. The van der Waals surface area contributed by atoms with Crippen molar-refractivity contribution in [1.29, 1.82) is 0 Å². The predicted octanol–water partition coefficient (Wildman–Crippen LogP) is 6.17. The fourth-order valence-corrected chi connectivity index (χ4v) is 4.80. The van der Waals surface area contributed by atoms with E-state index in [-0.39, 0.29) is 11.2 Å². The Balaban J connectivity index is 2.40. The molecule has 0 radical (unpaired) electrons. The second kappa shape index (κ2) is 7.38. The number of alkyl halides is 2. The van der Waals surface area contributed by atoms with Crippen molar-refractivity contribution in [2.24, 2.45) is 0 Å². The van der Waals surface area contributed by atoms with E-state index in [0.717, 1.165) is 22.6 Å². The van der Waals surface area contributed by atoms with Crippen LogP contribution in [0, 0.1) is 12.7 Å². The summed E-state index contributed by atoms with van der Waals surface area (Å²) < 4.78 is 13.9. The van der Waals surface area contributed by atoms with Gasteiger partial charge in [0.15, 0.2) is 0 Å². The van der Waals surface area contributed by atoms with Gasteiger partial charge < -0.3 is 0 Å². The zero-order valence-corrected chi connectivity index (χ0v) is 16.4. The average molecular weight is 479 g/mol. The minimum Gasteiger partial charge on any atom is -0.206 e. The molecule has 0 unspecified atom stereocenters. The lowest BCUT2D eigenvalue weighted by atomic mass is 9.78. The maximum Gasteiger partial charge on any atom is 0.137 e. The molecule has 0 fully saturated rings. The molecule has 0 nitrogen and oxygen atoms in total. The van der Waals surface area contributed by atoms with Crippen molar-refractivity contribution in [1.82, 2.24) is 0 Å². The Kier molecular flexibility index (Phi) is 6.04. The molecule has 0 aromatic heterocycles. The number of hydrogen-bond donors (Lipinski definition) is 0. The SMILES string of the molecule is Cc1cccc(C(CBr)(CBr)Cc2ccc(F)c(Br)c2)c1. The van der Waals surface area contributed by atoms with Crippen LogP contribution in [0.4, 0.5) is 4.39 Å². The molecule has 21 heavy (non-hydrogen) atoms. The van der Waals surface area contributed by atoms with E-state index in [9.17, 15) is 4.39 Å². The molecule has 0 amide bonds. The highest BCUT2D eigenvalue weighted by atomic mass is 79.9. The van der Waals surface area contributed by atoms with Crippen LogP contribution in [0.2, 0.25) is 0 Å². The third kappa shape index (κ3) is 3.96. The van der Waals surface area contributed by atoms with E-state index in [1.54, 1.807) is 0 Å². The van der Waals surface area contributed by atoms with Crippen LogP contribution in [-0.2, 0) is 11.8 Å². The van der Waals surface area contributed by atoms with Crippen LogP contribution in [0.5, 0.6) is 0 Å². The summed E-state index contributed by atoms with van der Waals surface area (Å²) in [5, 5.41) is 1.67. The average Bonchev–Trinajstić information content (AvgIpc) is 2.48. The summed E-state index contributed by atoms with van der Waals surface area (Å²) in [4.78, 5) is 0. The summed E-state index contributed by atoms with van der Waals surface area (Å²) in [6.07, 6.45) is 0.839. The summed E-state index contributed by atoms with van der Waals surface area (Å²) >= 11 is 10.6. The van der Waals surface area contributed by atoms with E-state index in [1.165, 1.54) is 17.2 Å². The molecule has 0 aliphatic heterocycles. The van der Waals surface area contributed by atoms with Crippen LogP contribution >= 0.6 is 47.8 Å². The minimum atomic E-state index is -0.224. The zero-order chi connectivity index (χ0) is 15.5. The Labute approximate surface area is 150 Å². The molecule has 0 N–H and O–H groups in total. The van der Waals surface area contributed by atoms with Gasteiger partial charge in [-0.3, -0.25) is 0 Å². The number of rotatable bonds is 5. The second-order valence-electron chi connectivity index (χ2n) is 5.34. The van der Waals surface area contributed by atoms with Crippen molar-refractivity contribution in [2.75, 3.05) is 10.7 Å². The van der Waals surface area contributed by atoms with Gasteiger partial charge in [0.1, 0.15) is 5.82 Å². The molecule has 112 valence electrons. The van der Waals surface area contributed by atoms with Gasteiger partial charge in [-0.2, -0.15) is 0 Å². The maximum absolute atomic E-state index is 13.4. The van der Waals surface area contributed by atoms with Gasteiger partial charge in [0.2, 0.25) is 0 Å². The highest BCUT2D eigenvalue weighted by molar-refractivity contribution is 9.10. The third-order valence-electron chi connectivity index (χ3n) is 3.67. The molecular formula is C17H16Br3F. The number of aryl methyl sites for hydroxylation is 1. The van der Waals surface area contributed by atoms with E-state index in [1.807, 2.05) is 12.1 Å². The second-order valence-corrected chi connectivity index (χ2v) is 7.32. The zero-order valence-electron chi connectivity index (χ0n) is 11.7. The van der Waals surface area contributed by atoms with Crippen LogP contribution in [0.25, 0.3) is 0 Å². The molecule has 0 saturated heterocycles. The molecular weight excluding hydrogens is 463 g/mol. The van der Waals surface area contributed by atoms with Crippen molar-refractivity contribution in [3.63, 3.8) is 0 Å². The summed E-state index contributed by atoms with van der Waals surface area (Å²) in [6, 6.07) is 13.8. The lowest BCUT2D eigenvalue weighted by molar-refractivity contribution is 0.548. The molecule has 2 rings (SSSR count). The lowest BCUT2D eigenvalue weighted by Crippen LogP contribution is -2.33. The predicted molar refractivity (Wildman–Crippen MR) is 98.2 cm³/mol. The molecule has 2 aromatic carbocycles. The Bertz CT molecular complexity index is 621. The molecule has 0 saturated carbocycles. The first kappa shape index (κ1) is 17.2. The third-order valence-corrected chi connectivity index (χ3v) is 6.42. The van der Waals surface area contributed by atoms with Gasteiger partial charge in [-0.1, -0.05) is 67.8 Å². The van der Waals surface area contributed by atoms with Crippen molar-refractivity contribution in [3.8, 4) is 0 Å². The van der Waals surface area contributed by atoms with Gasteiger partial charge in [0.25, 0.3) is 0 Å². The Morgan fingerprint density at radius 1 is 1.05 bits per heavy atom. The normalized spacial score (nSPS) is 11.7. The van der Waals surface area contributed by atoms with Gasteiger partial charge >= 0.3 is 0 Å². The highest BCUT2D eigenvalue weighted by Crippen LogP contribution is 2.34. The van der Waals surface area contributed by atoms with Gasteiger partial charge in [-0.25, -0.2) is 4.39 Å². The smallest absolute Gasteiger partial charge is 0.137 e. The summed E-state index contributed by atoms with van der Waals surface area (Å²) in [7, 11) is 0. The van der Waals surface area contributed by atoms with Crippen molar-refractivity contribution in [3.05, 3.63) is 69.4 Å². The van der Waals surface area contributed by atoms with E-state index in [2.05, 4.69) is 79.0 Å². The molecule has 0 aliphatic rings. The molecule has 0 aliphatic carbocycles. The standard InChI is InChI=1S/C17H16Br3F/c1-12-3-2-4-14(7-12)17(10-18,11-19)9-13-5-6-16(21)15(20)8-13/h2-8H,9-11H2,1H3. The molecule has 0 heterocycles. The van der Waals surface area contributed by atoms with Gasteiger partial charge in [0, 0.05) is 16.1 Å². The molecule has 4 heteroatoms. The van der Waals surface area contributed by atoms with Crippen LogP contribution in [0.1, 0.15) is 16.7 Å². The lowest BCUT2D eigenvalue weighted by Gasteiger charge is -2.31. The number of hydrogen-bond acceptors (Lipinski definition) is 0. The summed E-state index contributed by atoms with van der Waals surface area (Å²) in [6.45, 7) is 2.10. The number of benzene rings is 2.